The molecule has 2 aliphatic carbocycles. The average Bonchev–Trinajstić information content (AvgIpc) is 2.80. The first-order chi connectivity index (χ1) is 15.0. The van der Waals surface area contributed by atoms with E-state index in [1.807, 2.05) is 0 Å². The van der Waals surface area contributed by atoms with Gasteiger partial charge in [0.1, 0.15) is 12.5 Å². The van der Waals surface area contributed by atoms with Gasteiger partial charge in [-0.05, 0) is 93.6 Å². The molecular weight excluding hydrogens is 404 g/mol. The number of alkyl halides is 1. The molecule has 0 spiro atoms. The zero-order valence-corrected chi connectivity index (χ0v) is 18.7. The van der Waals surface area contributed by atoms with Gasteiger partial charge in [0.15, 0.2) is 11.6 Å². The number of ether oxygens (including phenoxy) is 1. The van der Waals surface area contributed by atoms with Crippen LogP contribution in [0.25, 0.3) is 0 Å². The molecular formula is C26H36F4O. The summed E-state index contributed by atoms with van der Waals surface area (Å²) in [4.78, 5) is 0. The number of hydrogen-bond donors (Lipinski definition) is 0. The summed E-state index contributed by atoms with van der Waals surface area (Å²) in [6.45, 7) is 1.08. The van der Waals surface area contributed by atoms with E-state index in [-0.39, 0.29) is 11.7 Å². The molecule has 0 saturated heterocycles. The normalized spacial score (nSPS) is 27.3. The van der Waals surface area contributed by atoms with E-state index >= 15 is 0 Å². The van der Waals surface area contributed by atoms with Crippen LogP contribution in [-0.4, -0.2) is 13.3 Å². The molecule has 0 atom stereocenters. The van der Waals surface area contributed by atoms with Gasteiger partial charge in [-0.15, -0.1) is 0 Å². The summed E-state index contributed by atoms with van der Waals surface area (Å²) >= 11 is 0. The van der Waals surface area contributed by atoms with Crippen LogP contribution in [0.1, 0.15) is 89.0 Å². The Labute approximate surface area is 184 Å². The Bertz CT molecular complexity index is 716. The van der Waals surface area contributed by atoms with Crippen LogP contribution in [0, 0.1) is 29.4 Å². The van der Waals surface area contributed by atoms with Crippen LogP contribution in [0.2, 0.25) is 0 Å². The van der Waals surface area contributed by atoms with Gasteiger partial charge in [0.05, 0.1) is 6.61 Å². The summed E-state index contributed by atoms with van der Waals surface area (Å²) in [5.74, 6) is -0.0212. The Morgan fingerprint density at radius 2 is 1.61 bits per heavy atom. The third-order valence-electron chi connectivity index (χ3n) is 7.46. The molecule has 1 nitrogen and oxygen atoms in total. The number of unbranched alkanes of at least 4 members (excludes halogenated alkanes) is 1. The van der Waals surface area contributed by atoms with Crippen molar-refractivity contribution in [1.82, 2.24) is 0 Å². The molecule has 1 aromatic carbocycles. The fourth-order valence-electron chi connectivity index (χ4n) is 5.70. The van der Waals surface area contributed by atoms with Gasteiger partial charge in [0.2, 0.25) is 5.82 Å². The maximum Gasteiger partial charge on any atom is 0.200 e. The molecule has 0 amide bonds. The number of rotatable bonds is 9. The third-order valence-corrected chi connectivity index (χ3v) is 7.46. The quantitative estimate of drug-likeness (QED) is 0.276. The fourth-order valence-corrected chi connectivity index (χ4v) is 5.70. The predicted octanol–water partition coefficient (Wildman–Crippen LogP) is 8.44. The number of hydrogen-bond acceptors (Lipinski definition) is 1. The molecule has 0 radical (unpaired) electrons. The van der Waals surface area contributed by atoms with E-state index in [1.54, 1.807) is 19.1 Å². The van der Waals surface area contributed by atoms with Crippen molar-refractivity contribution in [2.24, 2.45) is 17.8 Å². The fraction of sp³-hybridized carbons (Fsp3) is 0.692. The minimum Gasteiger partial charge on any atom is -0.491 e. The summed E-state index contributed by atoms with van der Waals surface area (Å²) in [7, 11) is 0. The Morgan fingerprint density at radius 1 is 0.968 bits per heavy atom. The van der Waals surface area contributed by atoms with Crippen LogP contribution in [0.5, 0.6) is 5.75 Å². The van der Waals surface area contributed by atoms with Crippen LogP contribution in [0.3, 0.4) is 0 Å². The molecule has 0 heterocycles. The zero-order valence-electron chi connectivity index (χ0n) is 18.7. The molecule has 0 unspecified atom stereocenters. The smallest absolute Gasteiger partial charge is 0.200 e. The maximum absolute atomic E-state index is 14.6. The van der Waals surface area contributed by atoms with E-state index < -0.39 is 24.1 Å². The third kappa shape index (κ3) is 6.49. The van der Waals surface area contributed by atoms with Crippen LogP contribution >= 0.6 is 0 Å². The molecule has 174 valence electrons. The Kier molecular flexibility index (Phi) is 9.28. The van der Waals surface area contributed by atoms with E-state index in [1.165, 1.54) is 31.8 Å². The molecule has 0 N–H and O–H groups in total. The predicted molar refractivity (Wildman–Crippen MR) is 117 cm³/mol. The van der Waals surface area contributed by atoms with E-state index in [0.717, 1.165) is 44.4 Å². The van der Waals surface area contributed by atoms with Crippen LogP contribution in [-0.2, 0) is 0 Å². The van der Waals surface area contributed by atoms with Crippen molar-refractivity contribution in [3.63, 3.8) is 0 Å². The molecule has 3 rings (SSSR count). The molecule has 0 aromatic heterocycles. The number of allylic oxidation sites excluding steroid dienone is 2. The van der Waals surface area contributed by atoms with E-state index in [0.29, 0.717) is 30.4 Å². The van der Waals surface area contributed by atoms with Gasteiger partial charge in [-0.25, -0.2) is 13.2 Å². The van der Waals surface area contributed by atoms with Gasteiger partial charge in [0, 0.05) is 0 Å². The van der Waals surface area contributed by atoms with Crippen molar-refractivity contribution in [2.45, 2.75) is 83.5 Å². The standard InChI is InChI=1S/C26H36F4O/c1-2-31-24-16-15-23(25(29)26(24)30)21-13-11-20(12-14-21)19-9-7-18(8-10-19)5-3-4-6-22(28)17-27/h6,15-16,18-21H,2-5,7-14,17H2,1H3/b22-6-. The second kappa shape index (κ2) is 11.9. The summed E-state index contributed by atoms with van der Waals surface area (Å²) in [6.07, 6.45) is 13.0. The Hall–Kier alpha value is -1.52. The molecule has 5 heteroatoms. The molecule has 2 fully saturated rings. The van der Waals surface area contributed by atoms with Gasteiger partial charge in [0.25, 0.3) is 0 Å². The van der Waals surface area contributed by atoms with Crippen molar-refractivity contribution in [2.75, 3.05) is 13.3 Å². The summed E-state index contributed by atoms with van der Waals surface area (Å²) in [5, 5.41) is 0. The molecule has 31 heavy (non-hydrogen) atoms. The van der Waals surface area contributed by atoms with Crippen molar-refractivity contribution in [1.29, 1.82) is 0 Å². The first-order valence-electron chi connectivity index (χ1n) is 12.0. The van der Waals surface area contributed by atoms with Crippen LogP contribution in [0.4, 0.5) is 17.6 Å². The van der Waals surface area contributed by atoms with E-state index in [4.69, 9.17) is 4.74 Å². The van der Waals surface area contributed by atoms with E-state index in [9.17, 15) is 17.6 Å². The van der Waals surface area contributed by atoms with Crippen molar-refractivity contribution >= 4 is 0 Å². The SMILES string of the molecule is CCOc1ccc(C2CCC(C3CCC(CCC/C=C(\F)CF)CC3)CC2)c(F)c1F. The summed E-state index contributed by atoms with van der Waals surface area (Å²) in [5.41, 5.74) is 0.501. The van der Waals surface area contributed by atoms with Gasteiger partial charge >= 0.3 is 0 Å². The Balaban J connectivity index is 1.42. The molecule has 2 saturated carbocycles. The van der Waals surface area contributed by atoms with Gasteiger partial charge < -0.3 is 4.74 Å². The maximum atomic E-state index is 14.6. The second-order valence-corrected chi connectivity index (χ2v) is 9.32. The largest absolute Gasteiger partial charge is 0.491 e. The molecule has 0 aliphatic heterocycles. The molecule has 2 aliphatic rings. The van der Waals surface area contributed by atoms with Gasteiger partial charge in [-0.1, -0.05) is 31.4 Å². The number of benzene rings is 1. The minimum absolute atomic E-state index is 0.00207. The van der Waals surface area contributed by atoms with Gasteiger partial charge in [-0.3, -0.25) is 0 Å². The molecule has 1 aromatic rings. The lowest BCUT2D eigenvalue weighted by Gasteiger charge is -2.38. The first-order valence-corrected chi connectivity index (χ1v) is 12.0. The van der Waals surface area contributed by atoms with E-state index in [2.05, 4.69) is 0 Å². The van der Waals surface area contributed by atoms with Crippen molar-refractivity contribution in [3.05, 3.63) is 41.2 Å². The highest BCUT2D eigenvalue weighted by Crippen LogP contribution is 2.45. The van der Waals surface area contributed by atoms with Crippen molar-refractivity contribution in [3.8, 4) is 5.75 Å². The van der Waals surface area contributed by atoms with Crippen LogP contribution < -0.4 is 4.74 Å². The lowest BCUT2D eigenvalue weighted by Crippen LogP contribution is -2.25. The highest BCUT2D eigenvalue weighted by molar-refractivity contribution is 5.33. The lowest BCUT2D eigenvalue weighted by atomic mass is 9.68. The Morgan fingerprint density at radius 3 is 2.23 bits per heavy atom. The topological polar surface area (TPSA) is 9.23 Å². The van der Waals surface area contributed by atoms with Crippen molar-refractivity contribution < 1.29 is 22.3 Å². The second-order valence-electron chi connectivity index (χ2n) is 9.32. The zero-order chi connectivity index (χ0) is 22.2. The molecule has 0 bridgehead atoms. The monoisotopic (exact) mass is 440 g/mol. The lowest BCUT2D eigenvalue weighted by molar-refractivity contribution is 0.155. The minimum atomic E-state index is -0.993. The highest BCUT2D eigenvalue weighted by atomic mass is 19.2. The van der Waals surface area contributed by atoms with Gasteiger partial charge in [-0.2, -0.15) is 4.39 Å². The highest BCUT2D eigenvalue weighted by Gasteiger charge is 2.32. The first kappa shape index (κ1) is 24.1. The summed E-state index contributed by atoms with van der Waals surface area (Å²) in [6, 6.07) is 3.26. The summed E-state index contributed by atoms with van der Waals surface area (Å²) < 4.78 is 58.9. The average molecular weight is 441 g/mol. The number of halogens is 4. The van der Waals surface area contributed by atoms with Crippen LogP contribution in [0.15, 0.2) is 24.0 Å².